The van der Waals surface area contributed by atoms with Crippen molar-refractivity contribution in [2.45, 2.75) is 28.9 Å². The first-order valence-electron chi connectivity index (χ1n) is 6.82. The summed E-state index contributed by atoms with van der Waals surface area (Å²) in [6.45, 7) is 0. The molecule has 0 spiro atoms. The van der Waals surface area contributed by atoms with E-state index in [4.69, 9.17) is 11.6 Å². The topological polar surface area (TPSA) is 0 Å². The molecule has 3 heteroatoms. The Morgan fingerprint density at radius 2 is 2.05 bits per heavy atom. The molecule has 1 heterocycles. The lowest BCUT2D eigenvalue weighted by Gasteiger charge is -2.18. The van der Waals surface area contributed by atoms with Crippen molar-refractivity contribution < 1.29 is 0 Å². The standard InChI is InChI=1S/C17H16BrClS/c18-15-6-3-5-12(8-15)14(11-19)10-16-9-13-4-1-2-7-17(13)20-16/h1-8,14,16H,9-11H2. The highest BCUT2D eigenvalue weighted by atomic mass is 79.9. The van der Waals surface area contributed by atoms with Gasteiger partial charge in [-0.2, -0.15) is 0 Å². The van der Waals surface area contributed by atoms with Gasteiger partial charge in [0, 0.05) is 20.5 Å². The number of fused-ring (bicyclic) bond motifs is 1. The summed E-state index contributed by atoms with van der Waals surface area (Å²) in [6.07, 6.45) is 2.31. The minimum Gasteiger partial charge on any atom is -0.126 e. The summed E-state index contributed by atoms with van der Waals surface area (Å²) < 4.78 is 1.13. The van der Waals surface area contributed by atoms with Gasteiger partial charge in [0.25, 0.3) is 0 Å². The van der Waals surface area contributed by atoms with Crippen LogP contribution in [0.25, 0.3) is 0 Å². The van der Waals surface area contributed by atoms with Gasteiger partial charge in [0.2, 0.25) is 0 Å². The van der Waals surface area contributed by atoms with E-state index < -0.39 is 0 Å². The third kappa shape index (κ3) is 3.24. The van der Waals surface area contributed by atoms with E-state index in [-0.39, 0.29) is 0 Å². The van der Waals surface area contributed by atoms with Gasteiger partial charge >= 0.3 is 0 Å². The Balaban J connectivity index is 1.71. The molecule has 20 heavy (non-hydrogen) atoms. The average Bonchev–Trinajstić information content (AvgIpc) is 2.87. The monoisotopic (exact) mass is 366 g/mol. The maximum absolute atomic E-state index is 6.22. The van der Waals surface area contributed by atoms with Crippen LogP contribution >= 0.6 is 39.3 Å². The predicted octanol–water partition coefficient (Wildman–Crippen LogP) is 5.88. The first-order chi connectivity index (χ1) is 9.76. The molecule has 1 aliphatic rings. The lowest BCUT2D eigenvalue weighted by molar-refractivity contribution is 0.657. The van der Waals surface area contributed by atoms with Crippen molar-refractivity contribution in [2.24, 2.45) is 0 Å². The molecule has 2 aromatic carbocycles. The normalized spacial score (nSPS) is 18.8. The van der Waals surface area contributed by atoms with Crippen molar-refractivity contribution in [1.29, 1.82) is 0 Å². The van der Waals surface area contributed by atoms with E-state index in [9.17, 15) is 0 Å². The number of rotatable bonds is 4. The zero-order chi connectivity index (χ0) is 13.9. The summed E-state index contributed by atoms with van der Waals surface area (Å²) in [7, 11) is 0. The third-order valence-corrected chi connectivity index (χ3v) is 5.98. The van der Waals surface area contributed by atoms with Crippen molar-refractivity contribution in [2.75, 3.05) is 5.88 Å². The van der Waals surface area contributed by atoms with Gasteiger partial charge in [0.1, 0.15) is 0 Å². The fraction of sp³-hybridized carbons (Fsp3) is 0.294. The van der Waals surface area contributed by atoms with Gasteiger partial charge in [-0.3, -0.25) is 0 Å². The maximum Gasteiger partial charge on any atom is 0.0292 e. The van der Waals surface area contributed by atoms with Crippen LogP contribution in [-0.4, -0.2) is 11.1 Å². The van der Waals surface area contributed by atoms with Crippen LogP contribution < -0.4 is 0 Å². The molecular formula is C17H16BrClS. The van der Waals surface area contributed by atoms with Crippen LogP contribution in [0.3, 0.4) is 0 Å². The molecule has 0 saturated heterocycles. The van der Waals surface area contributed by atoms with E-state index in [0.29, 0.717) is 17.0 Å². The highest BCUT2D eigenvalue weighted by Gasteiger charge is 2.25. The molecule has 3 rings (SSSR count). The van der Waals surface area contributed by atoms with E-state index in [0.717, 1.165) is 10.9 Å². The fourth-order valence-corrected chi connectivity index (χ4v) is 4.88. The number of hydrogen-bond donors (Lipinski definition) is 0. The van der Waals surface area contributed by atoms with Gasteiger partial charge in [-0.1, -0.05) is 46.3 Å². The molecular weight excluding hydrogens is 352 g/mol. The molecule has 1 aliphatic heterocycles. The first kappa shape index (κ1) is 14.5. The van der Waals surface area contributed by atoms with E-state index >= 15 is 0 Å². The highest BCUT2D eigenvalue weighted by molar-refractivity contribution is 9.10. The van der Waals surface area contributed by atoms with Crippen LogP contribution in [0.2, 0.25) is 0 Å². The molecule has 0 aromatic heterocycles. The van der Waals surface area contributed by atoms with Crippen molar-refractivity contribution >= 4 is 39.3 Å². The SMILES string of the molecule is ClCC(CC1Cc2ccccc2S1)c1cccc(Br)c1. The Morgan fingerprint density at radius 1 is 1.20 bits per heavy atom. The molecule has 104 valence electrons. The molecule has 0 radical (unpaired) electrons. The average molecular weight is 368 g/mol. The summed E-state index contributed by atoms with van der Waals surface area (Å²) in [5, 5.41) is 0.648. The fourth-order valence-electron chi connectivity index (χ4n) is 2.75. The minimum atomic E-state index is 0.431. The number of thioether (sulfide) groups is 1. The van der Waals surface area contributed by atoms with Crippen molar-refractivity contribution in [3.63, 3.8) is 0 Å². The zero-order valence-corrected chi connectivity index (χ0v) is 14.2. The highest BCUT2D eigenvalue weighted by Crippen LogP contribution is 2.41. The number of hydrogen-bond acceptors (Lipinski definition) is 1. The number of alkyl halides is 1. The molecule has 2 atom stereocenters. The first-order valence-corrected chi connectivity index (χ1v) is 9.03. The van der Waals surface area contributed by atoms with Crippen molar-refractivity contribution in [3.05, 3.63) is 64.1 Å². The van der Waals surface area contributed by atoms with Crippen molar-refractivity contribution in [1.82, 2.24) is 0 Å². The number of benzene rings is 2. The van der Waals surface area contributed by atoms with E-state index in [1.54, 1.807) is 0 Å². The largest absolute Gasteiger partial charge is 0.126 e. The lowest BCUT2D eigenvalue weighted by Crippen LogP contribution is -2.10. The summed E-state index contributed by atoms with van der Waals surface area (Å²) >= 11 is 11.8. The molecule has 0 nitrogen and oxygen atoms in total. The number of halogens is 2. The van der Waals surface area contributed by atoms with Crippen molar-refractivity contribution in [3.8, 4) is 0 Å². The van der Waals surface area contributed by atoms with E-state index in [1.165, 1.54) is 22.4 Å². The maximum atomic E-state index is 6.22. The van der Waals surface area contributed by atoms with Gasteiger partial charge in [-0.15, -0.1) is 23.4 Å². The summed E-state index contributed by atoms with van der Waals surface area (Å²) in [4.78, 5) is 1.44. The van der Waals surface area contributed by atoms with Crippen LogP contribution in [0.1, 0.15) is 23.5 Å². The second kappa shape index (κ2) is 6.55. The van der Waals surface area contributed by atoms with Crippen LogP contribution in [0.4, 0.5) is 0 Å². The van der Waals surface area contributed by atoms with Crippen LogP contribution in [0.15, 0.2) is 57.9 Å². The van der Waals surface area contributed by atoms with Gasteiger partial charge in [0.15, 0.2) is 0 Å². The molecule has 0 N–H and O–H groups in total. The van der Waals surface area contributed by atoms with Crippen LogP contribution in [0.5, 0.6) is 0 Å². The van der Waals surface area contributed by atoms with Gasteiger partial charge < -0.3 is 0 Å². The lowest BCUT2D eigenvalue weighted by atomic mass is 9.94. The van der Waals surface area contributed by atoms with Crippen LogP contribution in [-0.2, 0) is 6.42 Å². The molecule has 2 unspecified atom stereocenters. The zero-order valence-electron chi connectivity index (χ0n) is 11.1. The van der Waals surface area contributed by atoms with E-state index in [2.05, 4.69) is 64.5 Å². The van der Waals surface area contributed by atoms with Gasteiger partial charge in [-0.25, -0.2) is 0 Å². The second-order valence-electron chi connectivity index (χ2n) is 5.19. The Kier molecular flexibility index (Phi) is 4.75. The molecule has 0 saturated carbocycles. The summed E-state index contributed by atoms with van der Waals surface area (Å²) in [5.74, 6) is 1.12. The van der Waals surface area contributed by atoms with Crippen LogP contribution in [0, 0.1) is 0 Å². The molecule has 0 fully saturated rings. The van der Waals surface area contributed by atoms with E-state index in [1.807, 2.05) is 11.8 Å². The smallest absolute Gasteiger partial charge is 0.0292 e. The molecule has 0 aliphatic carbocycles. The van der Waals surface area contributed by atoms with Gasteiger partial charge in [0.05, 0.1) is 0 Å². The minimum absolute atomic E-state index is 0.431. The Hall–Kier alpha value is -0.440. The van der Waals surface area contributed by atoms with Gasteiger partial charge in [-0.05, 0) is 48.1 Å². The predicted molar refractivity (Wildman–Crippen MR) is 92.0 cm³/mol. The summed E-state index contributed by atoms with van der Waals surface area (Å²) in [6, 6.07) is 17.3. The molecule has 0 bridgehead atoms. The Morgan fingerprint density at radius 3 is 2.80 bits per heavy atom. The second-order valence-corrected chi connectivity index (χ2v) is 7.76. The summed E-state index contributed by atoms with van der Waals surface area (Å²) in [5.41, 5.74) is 2.83. The third-order valence-electron chi connectivity index (χ3n) is 3.77. The Bertz CT molecular complexity index is 574. The molecule has 0 amide bonds. The quantitative estimate of drug-likeness (QED) is 0.608. The Labute approximate surface area is 138 Å². The molecule has 2 aromatic rings.